The minimum Gasteiger partial charge on any atom is -0.478 e. The van der Waals surface area contributed by atoms with Crippen molar-refractivity contribution in [2.24, 2.45) is 0 Å². The van der Waals surface area contributed by atoms with E-state index in [2.05, 4.69) is 5.32 Å². The summed E-state index contributed by atoms with van der Waals surface area (Å²) in [6.45, 7) is 1.09. The number of nitrogens with zero attached hydrogens (tertiary/aromatic N) is 1. The molecule has 1 aromatic carbocycles. The number of benzene rings is 1. The van der Waals surface area contributed by atoms with Crippen LogP contribution in [-0.4, -0.2) is 36.2 Å². The summed E-state index contributed by atoms with van der Waals surface area (Å²) in [5.74, 6) is -1.48. The topological polar surface area (TPSA) is 99.4 Å². The molecule has 2 rings (SSSR count). The number of aromatic carboxylic acids is 1. The second kappa shape index (κ2) is 7.38. The van der Waals surface area contributed by atoms with E-state index in [0.717, 1.165) is 12.8 Å². The standard InChI is InChI=1S/C16H16N2O4/c17-9-13(15(19)18-10-14-2-1-7-22-14)8-11-3-5-12(6-4-11)16(20)21/h3-6,8,14H,1-2,7,10H2,(H,18,19)(H,20,21)/b13-8+. The SMILES string of the molecule is N#C/C(=C\c1ccc(C(=O)O)cc1)C(=O)NCC1CCCO1. The first kappa shape index (κ1) is 15.7. The normalized spacial score (nSPS) is 17.8. The van der Waals surface area contributed by atoms with Gasteiger partial charge in [0.1, 0.15) is 11.6 Å². The summed E-state index contributed by atoms with van der Waals surface area (Å²) in [5, 5.41) is 20.6. The predicted molar refractivity (Wildman–Crippen MR) is 79.0 cm³/mol. The first-order chi connectivity index (χ1) is 10.6. The van der Waals surface area contributed by atoms with Crippen molar-refractivity contribution >= 4 is 18.0 Å². The number of nitrogens with one attached hydrogen (secondary N) is 1. The molecule has 0 aromatic heterocycles. The molecule has 0 aliphatic carbocycles. The molecule has 0 spiro atoms. The molecule has 22 heavy (non-hydrogen) atoms. The molecule has 1 aliphatic rings. The van der Waals surface area contributed by atoms with Crippen LogP contribution in [0.4, 0.5) is 0 Å². The number of nitriles is 1. The van der Waals surface area contributed by atoms with E-state index in [0.29, 0.717) is 18.7 Å². The molecular weight excluding hydrogens is 284 g/mol. The van der Waals surface area contributed by atoms with Gasteiger partial charge < -0.3 is 15.2 Å². The van der Waals surface area contributed by atoms with Gasteiger partial charge in [0.05, 0.1) is 11.7 Å². The van der Waals surface area contributed by atoms with Crippen LogP contribution in [0, 0.1) is 11.3 Å². The van der Waals surface area contributed by atoms with Gasteiger partial charge in [-0.05, 0) is 36.6 Å². The molecule has 1 amide bonds. The average molecular weight is 300 g/mol. The number of carboxylic acid groups (broad SMARTS) is 1. The van der Waals surface area contributed by atoms with Crippen molar-refractivity contribution < 1.29 is 19.4 Å². The summed E-state index contributed by atoms with van der Waals surface area (Å²) in [4.78, 5) is 22.7. The van der Waals surface area contributed by atoms with E-state index in [1.807, 2.05) is 6.07 Å². The Kier molecular flexibility index (Phi) is 5.28. The summed E-state index contributed by atoms with van der Waals surface area (Å²) < 4.78 is 5.40. The zero-order valence-electron chi connectivity index (χ0n) is 11.9. The van der Waals surface area contributed by atoms with E-state index < -0.39 is 11.9 Å². The number of ether oxygens (including phenoxy) is 1. The van der Waals surface area contributed by atoms with Crippen LogP contribution in [0.15, 0.2) is 29.8 Å². The summed E-state index contributed by atoms with van der Waals surface area (Å²) in [6.07, 6.45) is 3.33. The van der Waals surface area contributed by atoms with Crippen molar-refractivity contribution in [3.8, 4) is 6.07 Å². The molecule has 6 heteroatoms. The zero-order chi connectivity index (χ0) is 15.9. The number of hydrogen-bond donors (Lipinski definition) is 2. The molecule has 1 atom stereocenters. The minimum absolute atomic E-state index is 0.0127. The van der Waals surface area contributed by atoms with Gasteiger partial charge in [-0.15, -0.1) is 0 Å². The van der Waals surface area contributed by atoms with Crippen molar-refractivity contribution in [3.05, 3.63) is 41.0 Å². The van der Waals surface area contributed by atoms with Gasteiger partial charge in [0.25, 0.3) is 5.91 Å². The van der Waals surface area contributed by atoms with Crippen LogP contribution < -0.4 is 5.32 Å². The van der Waals surface area contributed by atoms with Gasteiger partial charge >= 0.3 is 5.97 Å². The minimum atomic E-state index is -1.02. The first-order valence-electron chi connectivity index (χ1n) is 6.95. The van der Waals surface area contributed by atoms with Crippen LogP contribution in [0.5, 0.6) is 0 Å². The lowest BCUT2D eigenvalue weighted by atomic mass is 10.1. The highest BCUT2D eigenvalue weighted by molar-refractivity contribution is 6.01. The summed E-state index contributed by atoms with van der Waals surface area (Å²) >= 11 is 0. The van der Waals surface area contributed by atoms with Gasteiger partial charge in [-0.25, -0.2) is 4.79 Å². The number of carbonyl (C=O) groups is 2. The van der Waals surface area contributed by atoms with E-state index in [1.54, 1.807) is 12.1 Å². The molecule has 1 fully saturated rings. The second-order valence-electron chi connectivity index (χ2n) is 4.94. The highest BCUT2D eigenvalue weighted by Crippen LogP contribution is 2.12. The van der Waals surface area contributed by atoms with E-state index in [9.17, 15) is 9.59 Å². The quantitative estimate of drug-likeness (QED) is 0.635. The number of rotatable bonds is 5. The van der Waals surface area contributed by atoms with Gasteiger partial charge in [0.15, 0.2) is 0 Å². The maximum atomic E-state index is 12.0. The summed E-state index contributed by atoms with van der Waals surface area (Å²) in [5.41, 5.74) is 0.716. The number of hydrogen-bond acceptors (Lipinski definition) is 4. The Balaban J connectivity index is 2.01. The van der Waals surface area contributed by atoms with Crippen molar-refractivity contribution in [1.82, 2.24) is 5.32 Å². The zero-order valence-corrected chi connectivity index (χ0v) is 11.9. The van der Waals surface area contributed by atoms with Crippen LogP contribution in [0.25, 0.3) is 6.08 Å². The second-order valence-corrected chi connectivity index (χ2v) is 4.94. The van der Waals surface area contributed by atoms with E-state index >= 15 is 0 Å². The summed E-state index contributed by atoms with van der Waals surface area (Å²) in [7, 11) is 0. The highest BCUT2D eigenvalue weighted by Gasteiger charge is 2.17. The third kappa shape index (κ3) is 4.17. The monoisotopic (exact) mass is 300 g/mol. The fourth-order valence-electron chi connectivity index (χ4n) is 2.14. The Morgan fingerprint density at radius 3 is 2.68 bits per heavy atom. The maximum Gasteiger partial charge on any atom is 0.335 e. The van der Waals surface area contributed by atoms with Crippen molar-refractivity contribution in [2.45, 2.75) is 18.9 Å². The molecule has 1 heterocycles. The lowest BCUT2D eigenvalue weighted by molar-refractivity contribution is -0.117. The van der Waals surface area contributed by atoms with E-state index in [-0.39, 0.29) is 17.2 Å². The molecule has 1 aromatic rings. The molecule has 1 aliphatic heterocycles. The molecule has 6 nitrogen and oxygen atoms in total. The van der Waals surface area contributed by atoms with Crippen LogP contribution in [0.2, 0.25) is 0 Å². The molecule has 0 bridgehead atoms. The maximum absolute atomic E-state index is 12.0. The molecule has 0 radical (unpaired) electrons. The van der Waals surface area contributed by atoms with Crippen LogP contribution >= 0.6 is 0 Å². The Bertz CT molecular complexity index is 623. The molecule has 114 valence electrons. The Hall–Kier alpha value is -2.65. The van der Waals surface area contributed by atoms with Gasteiger partial charge in [0, 0.05) is 13.2 Å². The highest BCUT2D eigenvalue weighted by atomic mass is 16.5. The van der Waals surface area contributed by atoms with Crippen molar-refractivity contribution in [3.63, 3.8) is 0 Å². The molecular formula is C16H16N2O4. The lowest BCUT2D eigenvalue weighted by Crippen LogP contribution is -2.32. The average Bonchev–Trinajstić information content (AvgIpc) is 3.04. The number of carbonyl (C=O) groups excluding carboxylic acids is 1. The molecule has 2 N–H and O–H groups in total. The van der Waals surface area contributed by atoms with Crippen LogP contribution in [0.3, 0.4) is 0 Å². The fraction of sp³-hybridized carbons (Fsp3) is 0.312. The molecule has 1 saturated heterocycles. The number of carboxylic acids is 1. The van der Waals surface area contributed by atoms with Crippen molar-refractivity contribution in [2.75, 3.05) is 13.2 Å². The number of amides is 1. The molecule has 0 saturated carbocycles. The Morgan fingerprint density at radius 1 is 1.41 bits per heavy atom. The Labute approximate surface area is 128 Å². The lowest BCUT2D eigenvalue weighted by Gasteiger charge is -2.10. The summed E-state index contributed by atoms with van der Waals surface area (Å²) in [6, 6.07) is 7.80. The smallest absolute Gasteiger partial charge is 0.335 e. The van der Waals surface area contributed by atoms with Crippen LogP contribution in [0.1, 0.15) is 28.8 Å². The fourth-order valence-corrected chi connectivity index (χ4v) is 2.14. The molecule has 1 unspecified atom stereocenters. The van der Waals surface area contributed by atoms with E-state index in [1.165, 1.54) is 18.2 Å². The predicted octanol–water partition coefficient (Wildman–Crippen LogP) is 1.59. The largest absolute Gasteiger partial charge is 0.478 e. The van der Waals surface area contributed by atoms with Gasteiger partial charge in [0.2, 0.25) is 0 Å². The van der Waals surface area contributed by atoms with Crippen molar-refractivity contribution in [1.29, 1.82) is 5.26 Å². The Morgan fingerprint density at radius 2 is 2.14 bits per heavy atom. The van der Waals surface area contributed by atoms with Gasteiger partial charge in [-0.2, -0.15) is 5.26 Å². The third-order valence-electron chi connectivity index (χ3n) is 3.35. The first-order valence-corrected chi connectivity index (χ1v) is 6.95. The van der Waals surface area contributed by atoms with E-state index in [4.69, 9.17) is 15.1 Å². The third-order valence-corrected chi connectivity index (χ3v) is 3.35. The van der Waals surface area contributed by atoms with Gasteiger partial charge in [-0.3, -0.25) is 4.79 Å². The van der Waals surface area contributed by atoms with Gasteiger partial charge in [-0.1, -0.05) is 12.1 Å². The van der Waals surface area contributed by atoms with Crippen LogP contribution in [-0.2, 0) is 9.53 Å².